The Hall–Kier alpha value is -2.28. The van der Waals surface area contributed by atoms with E-state index >= 15 is 4.39 Å². The number of halogens is 3. The number of nitrogens with zero attached hydrogens (tertiary/aromatic N) is 1. The van der Waals surface area contributed by atoms with Gasteiger partial charge in [-0.25, -0.2) is 13.2 Å². The molecule has 2 aliphatic rings. The van der Waals surface area contributed by atoms with Gasteiger partial charge in [0.1, 0.15) is 29.1 Å². The molecule has 2 aliphatic carbocycles. The lowest BCUT2D eigenvalue weighted by atomic mass is 9.64. The Bertz CT molecular complexity index is 968. The maximum absolute atomic E-state index is 15.5. The van der Waals surface area contributed by atoms with Crippen molar-refractivity contribution in [2.45, 2.75) is 77.0 Å². The predicted molar refractivity (Wildman–Crippen MR) is 117 cm³/mol. The van der Waals surface area contributed by atoms with Crippen molar-refractivity contribution in [2.24, 2.45) is 11.8 Å². The van der Waals surface area contributed by atoms with Crippen molar-refractivity contribution >= 4 is 0 Å². The van der Waals surface area contributed by atoms with Gasteiger partial charge in [0.15, 0.2) is 0 Å². The number of rotatable bonds is 6. The molecule has 1 fully saturated rings. The fourth-order valence-electron chi connectivity index (χ4n) is 5.84. The molecule has 31 heavy (non-hydrogen) atoms. The molecule has 0 N–H and O–H groups in total. The summed E-state index contributed by atoms with van der Waals surface area (Å²) in [4.78, 5) is 0. The van der Waals surface area contributed by atoms with Gasteiger partial charge in [0.2, 0.25) is 0 Å². The van der Waals surface area contributed by atoms with Crippen molar-refractivity contribution in [1.82, 2.24) is 0 Å². The second-order valence-electron chi connectivity index (χ2n) is 9.36. The van der Waals surface area contributed by atoms with Crippen molar-refractivity contribution in [3.8, 4) is 17.2 Å². The van der Waals surface area contributed by atoms with Crippen LogP contribution in [0.2, 0.25) is 0 Å². The van der Waals surface area contributed by atoms with E-state index in [2.05, 4.69) is 6.92 Å². The minimum absolute atomic E-state index is 0.146. The number of hydrogen-bond donors (Lipinski definition) is 0. The second-order valence-corrected chi connectivity index (χ2v) is 9.36. The predicted octanol–water partition coefficient (Wildman–Crippen LogP) is 8.06. The molecule has 2 aromatic carbocycles. The third kappa shape index (κ3) is 4.38. The first-order valence-electron chi connectivity index (χ1n) is 11.7. The monoisotopic (exact) mass is 425 g/mol. The highest BCUT2D eigenvalue weighted by Crippen LogP contribution is 2.49. The van der Waals surface area contributed by atoms with Crippen LogP contribution < -0.4 is 0 Å². The number of nitriles is 1. The lowest BCUT2D eigenvalue weighted by molar-refractivity contribution is 0.198. The summed E-state index contributed by atoms with van der Waals surface area (Å²) < 4.78 is 43.6. The normalized spacial score (nSPS) is 22.5. The summed E-state index contributed by atoms with van der Waals surface area (Å²) in [5.41, 5.74) is 1.54. The first kappa shape index (κ1) is 21.9. The maximum atomic E-state index is 15.5. The Morgan fingerprint density at radius 2 is 1.77 bits per heavy atom. The van der Waals surface area contributed by atoms with E-state index in [9.17, 15) is 8.78 Å². The van der Waals surface area contributed by atoms with E-state index in [-0.39, 0.29) is 16.9 Å². The van der Waals surface area contributed by atoms with E-state index in [1.54, 1.807) is 6.07 Å². The summed E-state index contributed by atoms with van der Waals surface area (Å²) in [7, 11) is 0. The van der Waals surface area contributed by atoms with Gasteiger partial charge in [0.25, 0.3) is 0 Å². The molecule has 0 spiro atoms. The largest absolute Gasteiger partial charge is 0.206 e. The van der Waals surface area contributed by atoms with Gasteiger partial charge in [-0.15, -0.1) is 0 Å². The van der Waals surface area contributed by atoms with E-state index < -0.39 is 17.2 Å². The standard InChI is InChI=1S/C27H30F3N/c1-2-3-4-5-6-17-7-9-20-18(13-17)8-10-23-22(20)12-11-21(27(23)30)19-14-25(28)24(16-31)26(29)15-19/h11-12,14-15,17-18,20H,2-10,13H2,1H3/t17-,18+,20+/m1/s1. The molecule has 4 rings (SSSR count). The van der Waals surface area contributed by atoms with Crippen LogP contribution in [0.1, 0.15) is 87.3 Å². The van der Waals surface area contributed by atoms with Crippen LogP contribution in [0.3, 0.4) is 0 Å². The van der Waals surface area contributed by atoms with Crippen LogP contribution in [0.4, 0.5) is 13.2 Å². The van der Waals surface area contributed by atoms with Gasteiger partial charge in [-0.1, -0.05) is 51.2 Å². The van der Waals surface area contributed by atoms with E-state index in [0.29, 0.717) is 23.8 Å². The Morgan fingerprint density at radius 1 is 1.00 bits per heavy atom. The Labute approximate surface area is 183 Å². The van der Waals surface area contributed by atoms with Crippen molar-refractivity contribution < 1.29 is 13.2 Å². The van der Waals surface area contributed by atoms with Crippen LogP contribution in [0.15, 0.2) is 24.3 Å². The van der Waals surface area contributed by atoms with Crippen LogP contribution in [-0.4, -0.2) is 0 Å². The fourth-order valence-corrected chi connectivity index (χ4v) is 5.84. The van der Waals surface area contributed by atoms with E-state index in [0.717, 1.165) is 36.5 Å². The highest BCUT2D eigenvalue weighted by atomic mass is 19.1. The highest BCUT2D eigenvalue weighted by Gasteiger charge is 2.36. The Kier molecular flexibility index (Phi) is 6.70. The molecule has 0 radical (unpaired) electrons. The van der Waals surface area contributed by atoms with Crippen LogP contribution in [0, 0.1) is 40.6 Å². The first-order chi connectivity index (χ1) is 15.0. The third-order valence-corrected chi connectivity index (χ3v) is 7.47. The quantitative estimate of drug-likeness (QED) is 0.429. The smallest absolute Gasteiger partial charge is 0.144 e. The molecule has 0 unspecified atom stereocenters. The molecule has 4 heteroatoms. The lowest BCUT2D eigenvalue weighted by Gasteiger charge is -2.41. The molecule has 0 saturated heterocycles. The summed E-state index contributed by atoms with van der Waals surface area (Å²) >= 11 is 0. The molecule has 0 aromatic heterocycles. The Morgan fingerprint density at radius 3 is 2.48 bits per heavy atom. The lowest BCUT2D eigenvalue weighted by Crippen LogP contribution is -2.28. The molecule has 0 amide bonds. The summed E-state index contributed by atoms with van der Waals surface area (Å²) in [5.74, 6) is -0.450. The highest BCUT2D eigenvalue weighted by molar-refractivity contribution is 5.67. The Balaban J connectivity index is 1.54. The van der Waals surface area contributed by atoms with E-state index in [1.165, 1.54) is 51.0 Å². The topological polar surface area (TPSA) is 23.8 Å². The van der Waals surface area contributed by atoms with Gasteiger partial charge in [-0.05, 0) is 78.7 Å². The molecule has 3 atom stereocenters. The average Bonchev–Trinajstić information content (AvgIpc) is 2.76. The molecular formula is C27H30F3N. The maximum Gasteiger partial charge on any atom is 0.144 e. The number of benzene rings is 2. The van der Waals surface area contributed by atoms with Crippen LogP contribution in [-0.2, 0) is 6.42 Å². The third-order valence-electron chi connectivity index (χ3n) is 7.47. The summed E-state index contributed by atoms with van der Waals surface area (Å²) in [5, 5.41) is 8.87. The van der Waals surface area contributed by atoms with E-state index in [1.807, 2.05) is 6.07 Å². The van der Waals surface area contributed by atoms with Gasteiger partial charge in [-0.3, -0.25) is 0 Å². The molecule has 1 saturated carbocycles. The van der Waals surface area contributed by atoms with Gasteiger partial charge in [-0.2, -0.15) is 5.26 Å². The molecule has 2 aromatic rings. The fraction of sp³-hybridized carbons (Fsp3) is 0.519. The number of hydrogen-bond acceptors (Lipinski definition) is 1. The van der Waals surface area contributed by atoms with Gasteiger partial charge in [0, 0.05) is 5.56 Å². The van der Waals surface area contributed by atoms with Crippen molar-refractivity contribution in [3.63, 3.8) is 0 Å². The van der Waals surface area contributed by atoms with Crippen LogP contribution >= 0.6 is 0 Å². The zero-order chi connectivity index (χ0) is 22.0. The molecular weight excluding hydrogens is 395 g/mol. The molecule has 0 bridgehead atoms. The van der Waals surface area contributed by atoms with Gasteiger partial charge >= 0.3 is 0 Å². The van der Waals surface area contributed by atoms with Gasteiger partial charge < -0.3 is 0 Å². The second kappa shape index (κ2) is 9.47. The zero-order valence-corrected chi connectivity index (χ0v) is 18.2. The van der Waals surface area contributed by atoms with Crippen LogP contribution in [0.25, 0.3) is 11.1 Å². The molecule has 164 valence electrons. The summed E-state index contributed by atoms with van der Waals surface area (Å²) in [6.45, 7) is 2.24. The van der Waals surface area contributed by atoms with Gasteiger partial charge in [0.05, 0.1) is 0 Å². The van der Waals surface area contributed by atoms with Crippen molar-refractivity contribution in [3.05, 3.63) is 58.4 Å². The zero-order valence-electron chi connectivity index (χ0n) is 18.2. The minimum Gasteiger partial charge on any atom is -0.206 e. The average molecular weight is 426 g/mol. The molecule has 0 aliphatic heterocycles. The summed E-state index contributed by atoms with van der Waals surface area (Å²) in [6, 6.07) is 7.26. The molecule has 0 heterocycles. The molecule has 1 nitrogen and oxygen atoms in total. The minimum atomic E-state index is -0.952. The summed E-state index contributed by atoms with van der Waals surface area (Å²) in [6.07, 6.45) is 11.8. The van der Waals surface area contributed by atoms with Crippen molar-refractivity contribution in [2.75, 3.05) is 0 Å². The number of unbranched alkanes of at least 4 members (excludes halogenated alkanes) is 3. The van der Waals surface area contributed by atoms with Crippen molar-refractivity contribution in [1.29, 1.82) is 5.26 Å². The number of fused-ring (bicyclic) bond motifs is 3. The first-order valence-corrected chi connectivity index (χ1v) is 11.7. The van der Waals surface area contributed by atoms with E-state index in [4.69, 9.17) is 5.26 Å². The SMILES string of the molecule is CCCCCC[C@@H]1CC[C@@H]2c3ccc(-c4cc(F)c(C#N)c(F)c4)c(F)c3CC[C@H]2C1. The van der Waals surface area contributed by atoms with Crippen LogP contribution in [0.5, 0.6) is 0 Å².